The Morgan fingerprint density at radius 3 is 2.65 bits per heavy atom. The van der Waals surface area contributed by atoms with E-state index in [1.807, 2.05) is 19.3 Å². The molecule has 1 aliphatic carbocycles. The molecule has 1 aliphatic rings. The number of H-pyrrole nitrogens is 1. The molecule has 0 bridgehead atoms. The molecule has 0 radical (unpaired) electrons. The van der Waals surface area contributed by atoms with Crippen LogP contribution in [0, 0.1) is 5.92 Å². The van der Waals surface area contributed by atoms with Crippen molar-refractivity contribution in [1.82, 2.24) is 15.0 Å². The van der Waals surface area contributed by atoms with Crippen LogP contribution in [-0.4, -0.2) is 46.8 Å². The van der Waals surface area contributed by atoms with E-state index in [2.05, 4.69) is 19.9 Å². The molecule has 3 rings (SSSR count). The molecule has 0 atom stereocenters. The Kier molecular flexibility index (Phi) is 6.07. The Morgan fingerprint density at radius 1 is 1.30 bits per heavy atom. The monoisotopic (exact) mass is 346 g/mol. The van der Waals surface area contributed by atoms with Gasteiger partial charge in [0.2, 0.25) is 0 Å². The molecule has 0 spiro atoms. The molecule has 0 saturated heterocycles. The Balaban J connectivity index is 0.00000192. The fourth-order valence-electron chi connectivity index (χ4n) is 3.30. The Hall–Kier alpha value is -0.670. The van der Waals surface area contributed by atoms with Crippen molar-refractivity contribution in [2.45, 2.75) is 31.7 Å². The Labute approximate surface area is 157 Å². The molecular formula is C14H19N4NaO3S. The van der Waals surface area contributed by atoms with Crippen LogP contribution in [0.1, 0.15) is 25.7 Å². The summed E-state index contributed by atoms with van der Waals surface area (Å²) in [6, 6.07) is 2.26. The van der Waals surface area contributed by atoms with Gasteiger partial charge in [0.25, 0.3) is 0 Å². The van der Waals surface area contributed by atoms with E-state index in [0.717, 1.165) is 42.5 Å². The molecule has 1 fully saturated rings. The molecule has 120 valence electrons. The number of hydrogen-bond acceptors (Lipinski definition) is 6. The van der Waals surface area contributed by atoms with Gasteiger partial charge in [-0.2, -0.15) is 0 Å². The average molecular weight is 346 g/mol. The van der Waals surface area contributed by atoms with E-state index in [-0.39, 0.29) is 41.2 Å². The molecule has 1 N–H and O–H groups in total. The van der Waals surface area contributed by atoms with E-state index >= 15 is 0 Å². The molecule has 0 amide bonds. The number of anilines is 1. The van der Waals surface area contributed by atoms with Crippen LogP contribution in [-0.2, 0) is 10.1 Å². The molecule has 2 heterocycles. The Morgan fingerprint density at radius 2 is 2.00 bits per heavy atom. The van der Waals surface area contributed by atoms with Gasteiger partial charge < -0.3 is 14.4 Å². The quantitative estimate of drug-likeness (QED) is 0.534. The van der Waals surface area contributed by atoms with Crippen molar-refractivity contribution in [1.29, 1.82) is 0 Å². The van der Waals surface area contributed by atoms with Gasteiger partial charge in [-0.3, -0.25) is 0 Å². The third-order valence-electron chi connectivity index (χ3n) is 4.47. The number of nitrogens with one attached hydrogen (secondary N) is 1. The second kappa shape index (κ2) is 7.48. The largest absolute Gasteiger partial charge is 1.00 e. The number of hydrogen-bond donors (Lipinski definition) is 1. The minimum absolute atomic E-state index is 0. The summed E-state index contributed by atoms with van der Waals surface area (Å²) in [4.78, 5) is 13.8. The van der Waals surface area contributed by atoms with Gasteiger partial charge >= 0.3 is 29.6 Å². The first-order chi connectivity index (χ1) is 10.4. The number of aromatic nitrogens is 3. The topological polar surface area (TPSA) is 102 Å². The van der Waals surface area contributed by atoms with Crippen LogP contribution in [0.15, 0.2) is 18.6 Å². The molecule has 9 heteroatoms. The number of rotatable bonds is 4. The van der Waals surface area contributed by atoms with E-state index in [4.69, 9.17) is 0 Å². The molecule has 0 aromatic carbocycles. The van der Waals surface area contributed by atoms with Gasteiger partial charge in [-0.05, 0) is 37.7 Å². The van der Waals surface area contributed by atoms with E-state index < -0.39 is 10.1 Å². The van der Waals surface area contributed by atoms with Crippen LogP contribution in [0.3, 0.4) is 0 Å². The smallest absolute Gasteiger partial charge is 0.748 e. The fraction of sp³-hybridized carbons (Fsp3) is 0.571. The van der Waals surface area contributed by atoms with E-state index in [1.54, 1.807) is 6.33 Å². The number of fused-ring (bicyclic) bond motifs is 1. The fourth-order valence-corrected chi connectivity index (χ4v) is 4.21. The molecule has 0 aliphatic heterocycles. The number of aromatic amines is 1. The van der Waals surface area contributed by atoms with Crippen LogP contribution in [0.5, 0.6) is 0 Å². The normalized spacial score (nSPS) is 21.8. The minimum atomic E-state index is -4.12. The standard InChI is InChI=1S/C14H20N4O3S.Na/c1-18(14-12-6-7-15-13(12)16-9-17-14)11-4-2-10(3-5-11)8-22(19,20)21;/h6-7,9-11H,2-5,8H2,1H3,(H,15,16,17)(H,19,20,21);/q;+1/p-1. The van der Waals surface area contributed by atoms with Crippen LogP contribution in [0.25, 0.3) is 11.0 Å². The summed E-state index contributed by atoms with van der Waals surface area (Å²) >= 11 is 0. The maximum absolute atomic E-state index is 10.9. The Bertz CT molecular complexity index is 756. The van der Waals surface area contributed by atoms with E-state index in [9.17, 15) is 13.0 Å². The summed E-state index contributed by atoms with van der Waals surface area (Å²) in [6.45, 7) is 0. The summed E-state index contributed by atoms with van der Waals surface area (Å²) in [5.74, 6) is 0.634. The molecule has 1 saturated carbocycles. The number of nitrogens with zero attached hydrogens (tertiary/aromatic N) is 3. The first-order valence-corrected chi connectivity index (χ1v) is 8.96. The van der Waals surface area contributed by atoms with Crippen molar-refractivity contribution >= 4 is 27.0 Å². The third-order valence-corrected chi connectivity index (χ3v) is 5.35. The summed E-state index contributed by atoms with van der Waals surface area (Å²) in [5, 5.41) is 0.981. The summed E-state index contributed by atoms with van der Waals surface area (Å²) < 4.78 is 32.6. The van der Waals surface area contributed by atoms with Gasteiger partial charge in [-0.1, -0.05) is 0 Å². The predicted octanol–water partition coefficient (Wildman–Crippen LogP) is -1.50. The summed E-state index contributed by atoms with van der Waals surface area (Å²) in [7, 11) is -2.12. The van der Waals surface area contributed by atoms with Crippen molar-refractivity contribution in [2.75, 3.05) is 17.7 Å². The predicted molar refractivity (Wildman–Crippen MR) is 82.6 cm³/mol. The van der Waals surface area contributed by atoms with Crippen LogP contribution in [0.2, 0.25) is 0 Å². The molecule has 7 nitrogen and oxygen atoms in total. The molecule has 2 aromatic heterocycles. The van der Waals surface area contributed by atoms with Crippen molar-refractivity contribution in [3.05, 3.63) is 18.6 Å². The van der Waals surface area contributed by atoms with Gasteiger partial charge in [-0.15, -0.1) is 0 Å². The zero-order valence-corrected chi connectivity index (χ0v) is 16.2. The third kappa shape index (κ3) is 4.45. The van der Waals surface area contributed by atoms with Crippen molar-refractivity contribution in [2.24, 2.45) is 5.92 Å². The zero-order valence-electron chi connectivity index (χ0n) is 13.4. The van der Waals surface area contributed by atoms with Gasteiger partial charge in [0.05, 0.1) is 15.5 Å². The average Bonchev–Trinajstić information content (AvgIpc) is 2.94. The van der Waals surface area contributed by atoms with Gasteiger partial charge in [0.15, 0.2) is 0 Å². The van der Waals surface area contributed by atoms with Crippen molar-refractivity contribution in [3.63, 3.8) is 0 Å². The van der Waals surface area contributed by atoms with Crippen LogP contribution >= 0.6 is 0 Å². The summed E-state index contributed by atoms with van der Waals surface area (Å²) in [5.41, 5.74) is 0.808. The van der Waals surface area contributed by atoms with Gasteiger partial charge in [-0.25, -0.2) is 18.4 Å². The van der Waals surface area contributed by atoms with Crippen molar-refractivity contribution < 1.29 is 42.5 Å². The summed E-state index contributed by atoms with van der Waals surface area (Å²) in [6.07, 6.45) is 6.64. The SMILES string of the molecule is CN(c1ncnc2[nH]ccc12)C1CCC(CS(=O)(=O)[O-])CC1.[Na+]. The second-order valence-electron chi connectivity index (χ2n) is 5.95. The van der Waals surface area contributed by atoms with Gasteiger partial charge in [0.1, 0.15) is 17.8 Å². The minimum Gasteiger partial charge on any atom is -0.748 e. The van der Waals surface area contributed by atoms with Gasteiger partial charge in [0, 0.05) is 25.0 Å². The maximum Gasteiger partial charge on any atom is 1.00 e. The molecule has 0 unspecified atom stereocenters. The first-order valence-electron chi connectivity index (χ1n) is 7.38. The zero-order chi connectivity index (χ0) is 15.7. The first kappa shape index (κ1) is 18.7. The van der Waals surface area contributed by atoms with Crippen molar-refractivity contribution in [3.8, 4) is 0 Å². The molecule has 23 heavy (non-hydrogen) atoms. The second-order valence-corrected chi connectivity index (χ2v) is 7.40. The van der Waals surface area contributed by atoms with Crippen LogP contribution < -0.4 is 34.5 Å². The van der Waals surface area contributed by atoms with Crippen LogP contribution in [0.4, 0.5) is 5.82 Å². The molecule has 2 aromatic rings. The maximum atomic E-state index is 10.9. The van der Waals surface area contributed by atoms with E-state index in [1.165, 1.54) is 0 Å². The van der Waals surface area contributed by atoms with E-state index in [0.29, 0.717) is 6.04 Å². The molecular weight excluding hydrogens is 327 g/mol.